The van der Waals surface area contributed by atoms with E-state index in [0.29, 0.717) is 25.7 Å². The fourth-order valence-corrected chi connectivity index (χ4v) is 4.47. The molecule has 1 saturated heterocycles. The first-order valence-corrected chi connectivity index (χ1v) is 11.4. The summed E-state index contributed by atoms with van der Waals surface area (Å²) in [5.74, 6) is 0.134. The zero-order valence-electron chi connectivity index (χ0n) is 16.8. The van der Waals surface area contributed by atoms with Crippen LogP contribution in [0, 0.1) is 0 Å². The number of amides is 2. The van der Waals surface area contributed by atoms with Crippen molar-refractivity contribution in [3.05, 3.63) is 81.9 Å². The summed E-state index contributed by atoms with van der Waals surface area (Å²) < 4.78 is 5.74. The minimum atomic E-state index is -0.212. The van der Waals surface area contributed by atoms with Gasteiger partial charge in [0.1, 0.15) is 10.0 Å². The Bertz CT molecular complexity index is 1180. The molecule has 6 nitrogen and oxygen atoms in total. The zero-order valence-corrected chi connectivity index (χ0v) is 19.2. The van der Waals surface area contributed by atoms with E-state index in [2.05, 4.69) is 10.5 Å². The van der Waals surface area contributed by atoms with E-state index in [-0.39, 0.29) is 31.3 Å². The molecule has 4 rings (SSSR count). The van der Waals surface area contributed by atoms with E-state index >= 15 is 0 Å². The summed E-state index contributed by atoms with van der Waals surface area (Å²) >= 11 is 12.5. The molecule has 0 radical (unpaired) electrons. The summed E-state index contributed by atoms with van der Waals surface area (Å²) in [6.45, 7) is 0.417. The highest BCUT2D eigenvalue weighted by molar-refractivity contribution is 8.26. The SMILES string of the molecule is O=C(CCN1C(=O)/C(=C/c2ccccc2)SC1=S)NCc1cc(-c2ccc(Cl)cc2)no1. The van der Waals surface area contributed by atoms with E-state index in [1.54, 1.807) is 18.2 Å². The van der Waals surface area contributed by atoms with E-state index in [1.165, 1.54) is 16.7 Å². The Labute approximate surface area is 199 Å². The largest absolute Gasteiger partial charge is 0.359 e. The maximum atomic E-state index is 12.7. The van der Waals surface area contributed by atoms with Crippen LogP contribution in [0.1, 0.15) is 17.7 Å². The van der Waals surface area contributed by atoms with Gasteiger partial charge in [-0.2, -0.15) is 0 Å². The summed E-state index contributed by atoms with van der Waals surface area (Å²) in [6, 6.07) is 18.6. The number of nitrogens with one attached hydrogen (secondary N) is 1. The van der Waals surface area contributed by atoms with Crippen LogP contribution >= 0.6 is 35.6 Å². The number of rotatable bonds is 7. The summed E-state index contributed by atoms with van der Waals surface area (Å²) in [7, 11) is 0. The van der Waals surface area contributed by atoms with Crippen molar-refractivity contribution >= 4 is 57.8 Å². The van der Waals surface area contributed by atoms with Gasteiger partial charge < -0.3 is 9.84 Å². The molecule has 0 bridgehead atoms. The molecular weight excluding hydrogens is 466 g/mol. The number of hydrogen-bond acceptors (Lipinski definition) is 6. The molecular formula is C23H18ClN3O3S2. The molecule has 1 fully saturated rings. The summed E-state index contributed by atoms with van der Waals surface area (Å²) in [5.41, 5.74) is 2.46. The second-order valence-corrected chi connectivity index (χ2v) is 9.07. The van der Waals surface area contributed by atoms with Crippen LogP contribution in [0.15, 0.2) is 70.1 Å². The number of hydrogen-bond donors (Lipinski definition) is 1. The average molecular weight is 484 g/mol. The molecule has 2 amide bonds. The third-order valence-corrected chi connectivity index (χ3v) is 6.32. The lowest BCUT2D eigenvalue weighted by Crippen LogP contribution is -2.33. The van der Waals surface area contributed by atoms with E-state index in [1.807, 2.05) is 48.5 Å². The zero-order chi connectivity index (χ0) is 22.5. The molecule has 0 atom stereocenters. The van der Waals surface area contributed by atoms with Crippen molar-refractivity contribution in [3.63, 3.8) is 0 Å². The van der Waals surface area contributed by atoms with Gasteiger partial charge in [-0.3, -0.25) is 14.5 Å². The number of carbonyl (C=O) groups is 2. The second-order valence-electron chi connectivity index (χ2n) is 6.96. The fourth-order valence-electron chi connectivity index (χ4n) is 3.03. The Balaban J connectivity index is 1.28. The molecule has 162 valence electrons. The number of thioether (sulfide) groups is 1. The van der Waals surface area contributed by atoms with Gasteiger partial charge >= 0.3 is 0 Å². The predicted molar refractivity (Wildman–Crippen MR) is 130 cm³/mol. The Morgan fingerprint density at radius 1 is 1.19 bits per heavy atom. The van der Waals surface area contributed by atoms with Crippen LogP contribution in [0.25, 0.3) is 17.3 Å². The molecule has 1 aromatic heterocycles. The summed E-state index contributed by atoms with van der Waals surface area (Å²) in [4.78, 5) is 27.0. The van der Waals surface area contributed by atoms with Crippen LogP contribution in [-0.2, 0) is 16.1 Å². The maximum Gasteiger partial charge on any atom is 0.266 e. The van der Waals surface area contributed by atoms with E-state index in [9.17, 15) is 9.59 Å². The number of nitrogens with zero attached hydrogens (tertiary/aromatic N) is 2. The number of halogens is 1. The third kappa shape index (κ3) is 5.45. The molecule has 1 aliphatic heterocycles. The number of carbonyl (C=O) groups excluding carboxylic acids is 2. The van der Waals surface area contributed by atoms with Crippen LogP contribution in [0.4, 0.5) is 0 Å². The Hall–Kier alpha value is -2.94. The maximum absolute atomic E-state index is 12.7. The van der Waals surface area contributed by atoms with Crippen molar-refractivity contribution in [2.75, 3.05) is 6.54 Å². The molecule has 2 aromatic carbocycles. The molecule has 0 spiro atoms. The number of aromatic nitrogens is 1. The monoisotopic (exact) mass is 483 g/mol. The number of benzene rings is 2. The second kappa shape index (κ2) is 10.1. The standard InChI is InChI=1S/C23H18ClN3O3S2/c24-17-8-6-16(7-9-17)19-13-18(30-26-19)14-25-21(28)10-11-27-22(29)20(32-23(27)31)12-15-4-2-1-3-5-15/h1-9,12-13H,10-11,14H2,(H,25,28)/b20-12-. The van der Waals surface area contributed by atoms with Crippen molar-refractivity contribution in [2.45, 2.75) is 13.0 Å². The van der Waals surface area contributed by atoms with Gasteiger partial charge in [-0.15, -0.1) is 0 Å². The first-order chi connectivity index (χ1) is 15.5. The van der Waals surface area contributed by atoms with Gasteiger partial charge in [-0.1, -0.05) is 83.2 Å². The topological polar surface area (TPSA) is 75.4 Å². The van der Waals surface area contributed by atoms with Crippen molar-refractivity contribution < 1.29 is 14.1 Å². The minimum Gasteiger partial charge on any atom is -0.359 e. The lowest BCUT2D eigenvalue weighted by Gasteiger charge is -2.13. The molecule has 1 aliphatic rings. The smallest absolute Gasteiger partial charge is 0.266 e. The van der Waals surface area contributed by atoms with Gasteiger partial charge in [-0.25, -0.2) is 0 Å². The number of thiocarbonyl (C=S) groups is 1. The van der Waals surface area contributed by atoms with Gasteiger partial charge in [0.15, 0.2) is 5.76 Å². The molecule has 32 heavy (non-hydrogen) atoms. The highest BCUT2D eigenvalue weighted by atomic mass is 35.5. The minimum absolute atomic E-state index is 0.128. The molecule has 9 heteroatoms. The van der Waals surface area contributed by atoms with Gasteiger partial charge in [0.2, 0.25) is 5.91 Å². The van der Waals surface area contributed by atoms with E-state index in [0.717, 1.165) is 11.1 Å². The normalized spacial score (nSPS) is 14.9. The Kier molecular flexibility index (Phi) is 7.04. The molecule has 0 saturated carbocycles. The van der Waals surface area contributed by atoms with E-state index in [4.69, 9.17) is 28.3 Å². The van der Waals surface area contributed by atoms with Crippen LogP contribution < -0.4 is 5.32 Å². The van der Waals surface area contributed by atoms with Crippen molar-refractivity contribution in [1.29, 1.82) is 0 Å². The van der Waals surface area contributed by atoms with Gasteiger partial charge in [0.25, 0.3) is 5.91 Å². The van der Waals surface area contributed by atoms with Crippen molar-refractivity contribution in [3.8, 4) is 11.3 Å². The Morgan fingerprint density at radius 3 is 2.69 bits per heavy atom. The first kappa shape index (κ1) is 22.3. The quantitative estimate of drug-likeness (QED) is 0.380. The van der Waals surface area contributed by atoms with Crippen LogP contribution in [-0.4, -0.2) is 32.7 Å². The Morgan fingerprint density at radius 2 is 1.94 bits per heavy atom. The molecule has 1 N–H and O–H groups in total. The third-order valence-electron chi connectivity index (χ3n) is 4.69. The van der Waals surface area contributed by atoms with Crippen LogP contribution in [0.5, 0.6) is 0 Å². The lowest BCUT2D eigenvalue weighted by atomic mass is 10.1. The molecule has 2 heterocycles. The van der Waals surface area contributed by atoms with Crippen LogP contribution in [0.2, 0.25) is 5.02 Å². The predicted octanol–water partition coefficient (Wildman–Crippen LogP) is 4.90. The van der Waals surface area contributed by atoms with Gasteiger partial charge in [0, 0.05) is 29.6 Å². The summed E-state index contributed by atoms with van der Waals surface area (Å²) in [5, 5.41) is 7.44. The lowest BCUT2D eigenvalue weighted by molar-refractivity contribution is -0.124. The first-order valence-electron chi connectivity index (χ1n) is 9.78. The molecule has 3 aromatic rings. The molecule has 0 unspecified atom stereocenters. The average Bonchev–Trinajstić information content (AvgIpc) is 3.37. The summed E-state index contributed by atoms with van der Waals surface area (Å²) in [6.07, 6.45) is 1.94. The van der Waals surface area contributed by atoms with Crippen molar-refractivity contribution in [2.24, 2.45) is 0 Å². The van der Waals surface area contributed by atoms with Crippen LogP contribution in [0.3, 0.4) is 0 Å². The highest BCUT2D eigenvalue weighted by Crippen LogP contribution is 2.32. The highest BCUT2D eigenvalue weighted by Gasteiger charge is 2.32. The van der Waals surface area contributed by atoms with E-state index < -0.39 is 0 Å². The van der Waals surface area contributed by atoms with Crippen molar-refractivity contribution in [1.82, 2.24) is 15.4 Å². The fraction of sp³-hybridized carbons (Fsp3) is 0.130. The molecule has 0 aliphatic carbocycles. The van der Waals surface area contributed by atoms with Gasteiger partial charge in [-0.05, 0) is 23.8 Å². The van der Waals surface area contributed by atoms with Gasteiger partial charge in [0.05, 0.1) is 11.4 Å².